The number of fused-ring (bicyclic) bond motifs is 2. The van der Waals surface area contributed by atoms with Gasteiger partial charge in [0, 0.05) is 5.71 Å². The van der Waals surface area contributed by atoms with E-state index in [1.165, 1.54) is 22.1 Å². The van der Waals surface area contributed by atoms with Gasteiger partial charge in [-0.3, -0.25) is 4.79 Å². The molecule has 1 fully saturated rings. The summed E-state index contributed by atoms with van der Waals surface area (Å²) in [6, 6.07) is 7.99. The fourth-order valence-electron chi connectivity index (χ4n) is 3.35. The number of amidine groups is 1. The Morgan fingerprint density at radius 3 is 2.83 bits per heavy atom. The van der Waals surface area contributed by atoms with Gasteiger partial charge in [-0.2, -0.15) is 18.2 Å². The predicted molar refractivity (Wildman–Crippen MR) is 113 cm³/mol. The number of pyridine rings is 1. The van der Waals surface area contributed by atoms with Crippen LogP contribution < -0.4 is 10.9 Å². The van der Waals surface area contributed by atoms with E-state index in [0.29, 0.717) is 21.8 Å². The first-order valence-corrected chi connectivity index (χ1v) is 11.3. The zero-order valence-corrected chi connectivity index (χ0v) is 16.9. The molecule has 2 N–H and O–H groups in total. The lowest BCUT2D eigenvalue weighted by Crippen LogP contribution is -2.31. The zero-order chi connectivity index (χ0) is 20.3. The first-order valence-electron chi connectivity index (χ1n) is 8.99. The van der Waals surface area contributed by atoms with Crippen LogP contribution in [0, 0.1) is 5.92 Å². The van der Waals surface area contributed by atoms with Crippen LogP contribution in [-0.4, -0.2) is 29.7 Å². The third-order valence-electron chi connectivity index (χ3n) is 5.02. The molecule has 29 heavy (non-hydrogen) atoms. The lowest BCUT2D eigenvalue weighted by atomic mass is 10.2. The van der Waals surface area contributed by atoms with Gasteiger partial charge in [-0.1, -0.05) is 12.1 Å². The number of para-hydroxylation sites is 1. The van der Waals surface area contributed by atoms with Gasteiger partial charge in [-0.25, -0.2) is 0 Å². The summed E-state index contributed by atoms with van der Waals surface area (Å²) in [6.45, 7) is 1.87. The maximum absolute atomic E-state index is 13.3. The molecule has 148 valence electrons. The molecule has 1 saturated carbocycles. The quantitative estimate of drug-likeness (QED) is 0.623. The number of sulfonamides is 1. The maximum atomic E-state index is 13.3. The molecule has 1 aliphatic carbocycles. The third-order valence-corrected chi connectivity index (χ3v) is 7.27. The highest BCUT2D eigenvalue weighted by Gasteiger charge is 2.30. The van der Waals surface area contributed by atoms with Crippen molar-refractivity contribution in [2.75, 3.05) is 5.32 Å². The normalized spacial score (nSPS) is 18.2. The molecule has 5 rings (SSSR count). The second kappa shape index (κ2) is 6.26. The van der Waals surface area contributed by atoms with Crippen LogP contribution in [0.1, 0.15) is 25.3 Å². The molecule has 0 bridgehead atoms. The number of aromatic hydroxyl groups is 1. The van der Waals surface area contributed by atoms with E-state index in [9.17, 15) is 18.3 Å². The smallest absolute Gasteiger partial charge is 0.286 e. The summed E-state index contributed by atoms with van der Waals surface area (Å²) in [5.74, 6) is -0.170. The Morgan fingerprint density at radius 2 is 2.07 bits per heavy atom. The molecule has 8 nitrogen and oxygen atoms in total. The van der Waals surface area contributed by atoms with Crippen molar-refractivity contribution >= 4 is 48.8 Å². The van der Waals surface area contributed by atoms with Crippen LogP contribution in [0.3, 0.4) is 0 Å². The number of nitrogens with one attached hydrogen (secondary N) is 1. The molecule has 1 aromatic carbocycles. The Labute approximate surface area is 169 Å². The van der Waals surface area contributed by atoms with Gasteiger partial charge in [-0.05, 0) is 49.3 Å². The molecular formula is C19H16N4O4S2. The molecule has 0 spiro atoms. The van der Waals surface area contributed by atoms with Gasteiger partial charge in [0.15, 0.2) is 11.6 Å². The van der Waals surface area contributed by atoms with Crippen molar-refractivity contribution in [1.82, 2.24) is 4.68 Å². The van der Waals surface area contributed by atoms with Crippen LogP contribution in [0.5, 0.6) is 5.75 Å². The van der Waals surface area contributed by atoms with E-state index in [0.717, 1.165) is 18.6 Å². The van der Waals surface area contributed by atoms with Crippen LogP contribution in [0.25, 0.3) is 10.2 Å². The lowest BCUT2D eigenvalue weighted by molar-refractivity contribution is 0.479. The summed E-state index contributed by atoms with van der Waals surface area (Å²) in [4.78, 5) is 13.3. The summed E-state index contributed by atoms with van der Waals surface area (Å²) in [7, 11) is -4.02. The van der Waals surface area contributed by atoms with E-state index in [1.54, 1.807) is 29.6 Å². The highest BCUT2D eigenvalue weighted by molar-refractivity contribution is 7.90. The van der Waals surface area contributed by atoms with Gasteiger partial charge in [0.2, 0.25) is 0 Å². The van der Waals surface area contributed by atoms with Crippen molar-refractivity contribution in [1.29, 1.82) is 0 Å². The minimum Gasteiger partial charge on any atom is -0.505 e. The topological polar surface area (TPSA) is 113 Å². The van der Waals surface area contributed by atoms with Crippen LogP contribution in [0.4, 0.5) is 5.69 Å². The van der Waals surface area contributed by atoms with Gasteiger partial charge < -0.3 is 10.4 Å². The first kappa shape index (κ1) is 18.1. The molecular weight excluding hydrogens is 412 g/mol. The second-order valence-corrected chi connectivity index (χ2v) is 9.52. The van der Waals surface area contributed by atoms with Crippen LogP contribution in [0.2, 0.25) is 0 Å². The van der Waals surface area contributed by atoms with Crippen molar-refractivity contribution in [3.63, 3.8) is 0 Å². The van der Waals surface area contributed by atoms with Crippen molar-refractivity contribution in [3.05, 3.63) is 51.6 Å². The van der Waals surface area contributed by atoms with E-state index in [4.69, 9.17) is 0 Å². The van der Waals surface area contributed by atoms with E-state index >= 15 is 0 Å². The van der Waals surface area contributed by atoms with Crippen molar-refractivity contribution in [3.8, 4) is 5.75 Å². The number of benzene rings is 1. The van der Waals surface area contributed by atoms with Crippen molar-refractivity contribution in [2.45, 2.75) is 24.7 Å². The minimum atomic E-state index is -4.02. The molecule has 2 aliphatic rings. The van der Waals surface area contributed by atoms with Gasteiger partial charge in [0.25, 0.3) is 15.6 Å². The SMILES string of the molecule is CC(=Nn1c(=O)c(C2=NS(=O)(=O)c3ccccc3N2)c(O)c2sccc21)C1CC1. The van der Waals surface area contributed by atoms with Crippen LogP contribution >= 0.6 is 11.3 Å². The van der Waals surface area contributed by atoms with Gasteiger partial charge in [0.05, 0.1) is 15.9 Å². The number of anilines is 1. The second-order valence-electron chi connectivity index (χ2n) is 7.03. The molecule has 0 saturated heterocycles. The third kappa shape index (κ3) is 2.87. The van der Waals surface area contributed by atoms with Crippen molar-refractivity contribution < 1.29 is 13.5 Å². The number of aromatic nitrogens is 1. The predicted octanol–water partition coefficient (Wildman–Crippen LogP) is 2.96. The summed E-state index contributed by atoms with van der Waals surface area (Å²) in [5.41, 5.74) is 0.750. The van der Waals surface area contributed by atoms with Gasteiger partial charge in [-0.15, -0.1) is 15.7 Å². The molecule has 1 aliphatic heterocycles. The largest absolute Gasteiger partial charge is 0.505 e. The van der Waals surface area contributed by atoms with E-state index in [-0.39, 0.29) is 22.0 Å². The Balaban J connectivity index is 1.78. The van der Waals surface area contributed by atoms with Gasteiger partial charge >= 0.3 is 0 Å². The van der Waals surface area contributed by atoms with E-state index < -0.39 is 15.6 Å². The Morgan fingerprint density at radius 1 is 1.31 bits per heavy atom. The number of hydrogen-bond acceptors (Lipinski definition) is 7. The molecule has 10 heteroatoms. The van der Waals surface area contributed by atoms with Crippen molar-refractivity contribution in [2.24, 2.45) is 15.4 Å². The number of nitrogens with zero attached hydrogens (tertiary/aromatic N) is 3. The van der Waals surface area contributed by atoms with Gasteiger partial charge in [0.1, 0.15) is 10.5 Å². The average Bonchev–Trinajstić information content (AvgIpc) is 3.41. The molecule has 0 amide bonds. The van der Waals surface area contributed by atoms with Crippen LogP contribution in [0.15, 0.2) is 54.9 Å². The Hall–Kier alpha value is -2.98. The number of hydrogen-bond donors (Lipinski definition) is 2. The standard InChI is InChI=1S/C19H16N4O4S2/c1-10(11-6-7-11)21-23-13-8-9-28-17(13)16(24)15(19(23)25)18-20-12-4-2-3-5-14(12)29(26,27)22-18/h2-5,8-9,11,24H,6-7H2,1H3,(H,20,22). The maximum Gasteiger partial charge on any atom is 0.286 e. The van der Waals surface area contributed by atoms with Crippen LogP contribution in [-0.2, 0) is 10.0 Å². The Kier molecular flexibility index (Phi) is 3.90. The summed E-state index contributed by atoms with van der Waals surface area (Å²) in [5, 5.41) is 19.9. The summed E-state index contributed by atoms with van der Waals surface area (Å²) < 4.78 is 30.7. The van der Waals surface area contributed by atoms with E-state index in [2.05, 4.69) is 14.8 Å². The highest BCUT2D eigenvalue weighted by atomic mass is 32.2. The Bertz CT molecular complexity index is 1400. The average molecular weight is 428 g/mol. The molecule has 3 aromatic rings. The highest BCUT2D eigenvalue weighted by Crippen LogP contribution is 2.35. The molecule has 3 heterocycles. The zero-order valence-electron chi connectivity index (χ0n) is 15.3. The molecule has 0 unspecified atom stereocenters. The lowest BCUT2D eigenvalue weighted by Gasteiger charge is -2.19. The summed E-state index contributed by atoms with van der Waals surface area (Å²) in [6.07, 6.45) is 2.07. The summed E-state index contributed by atoms with van der Waals surface area (Å²) >= 11 is 1.24. The fraction of sp³-hybridized carbons (Fsp3) is 0.211. The monoisotopic (exact) mass is 428 g/mol. The molecule has 0 radical (unpaired) electrons. The number of thiophene rings is 1. The first-order chi connectivity index (χ1) is 13.9. The molecule has 0 atom stereocenters. The fourth-order valence-corrected chi connectivity index (χ4v) is 5.30. The number of rotatable bonds is 3. The van der Waals surface area contributed by atoms with E-state index in [1.807, 2.05) is 6.92 Å². The molecule has 2 aromatic heterocycles. The minimum absolute atomic E-state index is 0.0170.